The Hall–Kier alpha value is -1.34. The first kappa shape index (κ1) is 17.0. The zero-order valence-corrected chi connectivity index (χ0v) is 13.6. The van der Waals surface area contributed by atoms with Gasteiger partial charge in [-0.05, 0) is 43.0 Å². The quantitative estimate of drug-likeness (QED) is 0.779. The van der Waals surface area contributed by atoms with Crippen LogP contribution in [-0.4, -0.2) is 8.42 Å². The van der Waals surface area contributed by atoms with E-state index in [4.69, 9.17) is 0 Å². The van der Waals surface area contributed by atoms with Crippen molar-refractivity contribution in [3.05, 3.63) is 57.8 Å². The van der Waals surface area contributed by atoms with E-state index in [1.54, 1.807) is 24.4 Å². The minimum absolute atomic E-state index is 0.358. The van der Waals surface area contributed by atoms with Gasteiger partial charge in [-0.25, -0.2) is 8.42 Å². The lowest BCUT2D eigenvalue weighted by atomic mass is 10.1. The first-order valence-electron chi connectivity index (χ1n) is 6.57. The van der Waals surface area contributed by atoms with Crippen molar-refractivity contribution in [3.63, 3.8) is 0 Å². The van der Waals surface area contributed by atoms with Gasteiger partial charge in [0.25, 0.3) is 0 Å². The predicted octanol–water partition coefficient (Wildman–Crippen LogP) is 5.00. The first-order valence-corrected chi connectivity index (χ1v) is 9.06. The van der Waals surface area contributed by atoms with Crippen molar-refractivity contribution >= 4 is 21.2 Å². The van der Waals surface area contributed by atoms with Gasteiger partial charge >= 0.3 is 6.18 Å². The van der Waals surface area contributed by atoms with E-state index in [1.165, 1.54) is 30.4 Å². The van der Waals surface area contributed by atoms with E-state index in [2.05, 4.69) is 0 Å². The summed E-state index contributed by atoms with van der Waals surface area (Å²) in [6, 6.07) is 7.80. The molecule has 7 heteroatoms. The van der Waals surface area contributed by atoms with Crippen molar-refractivity contribution < 1.29 is 21.6 Å². The summed E-state index contributed by atoms with van der Waals surface area (Å²) in [5, 5.41) is 0.237. The molecule has 0 unspecified atom stereocenters. The van der Waals surface area contributed by atoms with Gasteiger partial charge in [-0.3, -0.25) is 0 Å². The lowest BCUT2D eigenvalue weighted by Crippen LogP contribution is -2.16. The Morgan fingerprint density at radius 3 is 2.05 bits per heavy atom. The van der Waals surface area contributed by atoms with E-state index < -0.39 is 32.1 Å². The molecule has 0 spiro atoms. The van der Waals surface area contributed by atoms with Crippen LogP contribution in [0.5, 0.6) is 0 Å². The molecule has 0 fully saturated rings. The van der Waals surface area contributed by atoms with Crippen LogP contribution in [0.15, 0.2) is 41.8 Å². The van der Waals surface area contributed by atoms with Gasteiger partial charge in [0.2, 0.25) is 0 Å². The van der Waals surface area contributed by atoms with Gasteiger partial charge in [0, 0.05) is 4.88 Å². The molecule has 2 rings (SSSR count). The molecule has 0 N–H and O–H groups in total. The summed E-state index contributed by atoms with van der Waals surface area (Å²) >= 11 is 1.35. The number of alkyl halides is 3. The van der Waals surface area contributed by atoms with Crippen molar-refractivity contribution in [1.82, 2.24) is 0 Å². The number of thiophene rings is 1. The van der Waals surface area contributed by atoms with Crippen LogP contribution in [0.1, 0.15) is 40.4 Å². The normalized spacial score (nSPS) is 15.5. The summed E-state index contributed by atoms with van der Waals surface area (Å²) in [6.45, 7) is 3.10. The topological polar surface area (TPSA) is 34.1 Å². The van der Waals surface area contributed by atoms with Crippen molar-refractivity contribution in [3.8, 4) is 0 Å². The van der Waals surface area contributed by atoms with Crippen LogP contribution in [0.4, 0.5) is 13.2 Å². The molecule has 1 heterocycles. The number of rotatable bonds is 4. The average molecular weight is 348 g/mol. The average Bonchev–Trinajstić information content (AvgIpc) is 2.98. The van der Waals surface area contributed by atoms with Gasteiger partial charge in [-0.2, -0.15) is 13.2 Å². The summed E-state index contributed by atoms with van der Waals surface area (Å²) in [6.07, 6.45) is -4.43. The maximum absolute atomic E-state index is 12.6. The number of hydrogen-bond acceptors (Lipinski definition) is 3. The smallest absolute Gasteiger partial charge is 0.228 e. The van der Waals surface area contributed by atoms with Gasteiger partial charge in [0.1, 0.15) is 0 Å². The number of halogens is 3. The molecule has 120 valence electrons. The Bertz CT molecular complexity index is 717. The van der Waals surface area contributed by atoms with E-state index in [0.29, 0.717) is 5.56 Å². The summed E-state index contributed by atoms with van der Waals surface area (Å²) in [5.41, 5.74) is -0.427. The first-order chi connectivity index (χ1) is 10.1. The third-order valence-corrected chi connectivity index (χ3v) is 7.34. The van der Waals surface area contributed by atoms with Crippen LogP contribution in [-0.2, 0) is 16.0 Å². The monoisotopic (exact) mass is 348 g/mol. The molecular formula is C15H15F3O2S2. The molecule has 0 saturated carbocycles. The summed E-state index contributed by atoms with van der Waals surface area (Å²) in [5.74, 6) is 0. The molecule has 1 aromatic heterocycles. The van der Waals surface area contributed by atoms with E-state index in [-0.39, 0.29) is 0 Å². The van der Waals surface area contributed by atoms with Crippen LogP contribution < -0.4 is 0 Å². The van der Waals surface area contributed by atoms with Gasteiger partial charge in [-0.1, -0.05) is 18.2 Å². The fourth-order valence-corrected chi connectivity index (χ4v) is 4.91. The minimum atomic E-state index is -4.43. The zero-order chi connectivity index (χ0) is 16.5. The van der Waals surface area contributed by atoms with Gasteiger partial charge in [0.05, 0.1) is 16.1 Å². The molecule has 0 aliphatic carbocycles. The highest BCUT2D eigenvalue weighted by atomic mass is 32.2. The summed E-state index contributed by atoms with van der Waals surface area (Å²) < 4.78 is 62.8. The number of benzene rings is 1. The Balaban J connectivity index is 2.29. The highest BCUT2D eigenvalue weighted by molar-refractivity contribution is 7.92. The third-order valence-electron chi connectivity index (χ3n) is 3.64. The highest BCUT2D eigenvalue weighted by Crippen LogP contribution is 2.36. The number of sulfone groups is 1. The van der Waals surface area contributed by atoms with Gasteiger partial charge in [-0.15, -0.1) is 11.3 Å². The third kappa shape index (κ3) is 3.35. The predicted molar refractivity (Wildman–Crippen MR) is 81.5 cm³/mol. The lowest BCUT2D eigenvalue weighted by molar-refractivity contribution is -0.137. The molecule has 0 aliphatic rings. The highest BCUT2D eigenvalue weighted by Gasteiger charge is 2.33. The van der Waals surface area contributed by atoms with E-state index in [1.807, 2.05) is 0 Å². The molecule has 0 amide bonds. The second-order valence-electron chi connectivity index (χ2n) is 5.01. The van der Waals surface area contributed by atoms with E-state index >= 15 is 0 Å². The lowest BCUT2D eigenvalue weighted by Gasteiger charge is -2.19. The fraction of sp³-hybridized carbons (Fsp3) is 0.333. The molecule has 2 atom stereocenters. The Morgan fingerprint density at radius 2 is 1.59 bits per heavy atom. The summed E-state index contributed by atoms with van der Waals surface area (Å²) in [7, 11) is -3.53. The van der Waals surface area contributed by atoms with E-state index in [9.17, 15) is 21.6 Å². The second-order valence-corrected chi connectivity index (χ2v) is 8.58. The molecule has 0 aliphatic heterocycles. The van der Waals surface area contributed by atoms with Crippen LogP contribution in [0.2, 0.25) is 0 Å². The molecule has 0 bridgehead atoms. The molecule has 22 heavy (non-hydrogen) atoms. The van der Waals surface area contributed by atoms with Crippen LogP contribution in [0.3, 0.4) is 0 Å². The standard InChI is InChI=1S/C15H15F3O2S2/c1-10(12-5-7-13(8-6-12)15(16,17)18)22(19,20)11(2)14-4-3-9-21-14/h3-11H,1-2H3/t10-,11-/m1/s1. The Labute approximate surface area is 131 Å². The minimum Gasteiger partial charge on any atom is -0.228 e. The SMILES string of the molecule is C[C@H](c1ccc(C(F)(F)F)cc1)S(=O)(=O)[C@H](C)c1cccs1. The maximum Gasteiger partial charge on any atom is 0.416 e. The second kappa shape index (κ2) is 6.04. The Kier molecular flexibility index (Phi) is 4.67. The molecule has 0 saturated heterocycles. The Morgan fingerprint density at radius 1 is 1.00 bits per heavy atom. The van der Waals surface area contributed by atoms with Crippen molar-refractivity contribution in [1.29, 1.82) is 0 Å². The largest absolute Gasteiger partial charge is 0.416 e. The van der Waals surface area contributed by atoms with E-state index in [0.717, 1.165) is 17.0 Å². The molecule has 1 aromatic carbocycles. The zero-order valence-electron chi connectivity index (χ0n) is 12.0. The molecule has 0 radical (unpaired) electrons. The van der Waals surface area contributed by atoms with Gasteiger partial charge in [0.15, 0.2) is 9.84 Å². The van der Waals surface area contributed by atoms with Crippen LogP contribution >= 0.6 is 11.3 Å². The molecule has 2 aromatic rings. The molecular weight excluding hydrogens is 333 g/mol. The number of hydrogen-bond donors (Lipinski definition) is 0. The van der Waals surface area contributed by atoms with Crippen molar-refractivity contribution in [2.75, 3.05) is 0 Å². The summed E-state index contributed by atoms with van der Waals surface area (Å²) in [4.78, 5) is 0.721. The van der Waals surface area contributed by atoms with Gasteiger partial charge < -0.3 is 0 Å². The maximum atomic E-state index is 12.6. The van der Waals surface area contributed by atoms with Crippen LogP contribution in [0, 0.1) is 0 Å². The van der Waals surface area contributed by atoms with Crippen molar-refractivity contribution in [2.24, 2.45) is 0 Å². The van der Waals surface area contributed by atoms with Crippen molar-refractivity contribution in [2.45, 2.75) is 30.5 Å². The van der Waals surface area contributed by atoms with Crippen LogP contribution in [0.25, 0.3) is 0 Å². The fourth-order valence-electron chi connectivity index (χ4n) is 2.12. The molecule has 2 nitrogen and oxygen atoms in total.